The molecule has 1 aromatic rings. The first-order chi connectivity index (χ1) is 9.17. The summed E-state index contributed by atoms with van der Waals surface area (Å²) in [6.07, 6.45) is 5.43. The Morgan fingerprint density at radius 3 is 2.84 bits per heavy atom. The minimum Gasteiger partial charge on any atom is -0.373 e. The molecule has 0 saturated carbocycles. The predicted octanol–water partition coefficient (Wildman–Crippen LogP) is 1.83. The number of nitrogens with zero attached hydrogens (tertiary/aromatic N) is 3. The quantitative estimate of drug-likeness (QED) is 0.845. The first-order valence-corrected chi connectivity index (χ1v) is 7.96. The van der Waals surface area contributed by atoms with Gasteiger partial charge in [0.2, 0.25) is 0 Å². The van der Waals surface area contributed by atoms with E-state index in [2.05, 4.69) is 34.3 Å². The van der Waals surface area contributed by atoms with E-state index in [1.165, 1.54) is 24.3 Å². The van der Waals surface area contributed by atoms with Gasteiger partial charge in [-0.15, -0.1) is 11.3 Å². The highest BCUT2D eigenvalue weighted by atomic mass is 32.1. The van der Waals surface area contributed by atoms with Crippen molar-refractivity contribution in [3.8, 4) is 0 Å². The summed E-state index contributed by atoms with van der Waals surface area (Å²) in [5.74, 6) is 0. The number of rotatable bonds is 3. The van der Waals surface area contributed by atoms with Gasteiger partial charge in [0.15, 0.2) is 0 Å². The fraction of sp³-hybridized carbons (Fsp3) is 0.786. The second-order valence-electron chi connectivity index (χ2n) is 6.02. The van der Waals surface area contributed by atoms with Crippen LogP contribution in [0.2, 0.25) is 0 Å². The zero-order valence-corrected chi connectivity index (χ0v) is 12.7. The van der Waals surface area contributed by atoms with Crippen LogP contribution in [0, 0.1) is 0 Å². The van der Waals surface area contributed by atoms with Crippen molar-refractivity contribution >= 4 is 11.3 Å². The Hall–Kier alpha value is -0.490. The van der Waals surface area contributed by atoms with E-state index in [-0.39, 0.29) is 5.60 Å². The second-order valence-corrected chi connectivity index (χ2v) is 7.00. The number of hydrogen-bond acceptors (Lipinski definition) is 5. The molecular weight excluding hydrogens is 258 g/mol. The molecule has 3 rings (SSSR count). The molecule has 1 aromatic heterocycles. The normalized spacial score (nSPS) is 27.4. The lowest BCUT2D eigenvalue weighted by atomic mass is 9.87. The summed E-state index contributed by atoms with van der Waals surface area (Å²) in [7, 11) is 4.31. The molecular formula is C14H23N3OS. The van der Waals surface area contributed by atoms with E-state index in [1.807, 2.05) is 6.20 Å². The third-order valence-corrected chi connectivity index (χ3v) is 5.29. The molecule has 0 N–H and O–H groups in total. The largest absolute Gasteiger partial charge is 0.373 e. The van der Waals surface area contributed by atoms with Crippen LogP contribution in [-0.4, -0.2) is 60.2 Å². The van der Waals surface area contributed by atoms with E-state index in [0.717, 1.165) is 26.2 Å². The number of ether oxygens (including phenoxy) is 1. The molecule has 0 aliphatic carbocycles. The van der Waals surface area contributed by atoms with E-state index in [1.54, 1.807) is 11.3 Å². The van der Waals surface area contributed by atoms with Gasteiger partial charge in [-0.25, -0.2) is 4.98 Å². The Bertz CT molecular complexity index is 399. The van der Waals surface area contributed by atoms with Crippen molar-refractivity contribution in [1.29, 1.82) is 0 Å². The third-order valence-electron chi connectivity index (χ3n) is 4.53. The zero-order chi connectivity index (χ0) is 13.3. The van der Waals surface area contributed by atoms with Crippen molar-refractivity contribution in [2.45, 2.75) is 37.5 Å². The van der Waals surface area contributed by atoms with Gasteiger partial charge >= 0.3 is 0 Å². The molecule has 106 valence electrons. The van der Waals surface area contributed by atoms with Crippen LogP contribution in [0.5, 0.6) is 0 Å². The monoisotopic (exact) mass is 281 g/mol. The summed E-state index contributed by atoms with van der Waals surface area (Å²) in [5.41, 5.74) is 0.161. The average molecular weight is 281 g/mol. The minimum atomic E-state index is 0.161. The molecule has 0 radical (unpaired) electrons. The van der Waals surface area contributed by atoms with Gasteiger partial charge in [0.05, 0.1) is 18.8 Å². The van der Waals surface area contributed by atoms with E-state index < -0.39 is 0 Å². The van der Waals surface area contributed by atoms with Gasteiger partial charge in [0.25, 0.3) is 0 Å². The Labute approximate surface area is 119 Å². The molecule has 0 bridgehead atoms. The van der Waals surface area contributed by atoms with E-state index in [0.29, 0.717) is 6.04 Å². The van der Waals surface area contributed by atoms with Gasteiger partial charge in [-0.2, -0.15) is 0 Å². The molecule has 3 heterocycles. The maximum absolute atomic E-state index is 6.16. The van der Waals surface area contributed by atoms with Gasteiger partial charge in [-0.1, -0.05) is 0 Å². The summed E-state index contributed by atoms with van der Waals surface area (Å²) in [5, 5.41) is 3.29. The van der Waals surface area contributed by atoms with Crippen molar-refractivity contribution in [3.63, 3.8) is 0 Å². The first-order valence-electron chi connectivity index (χ1n) is 7.08. The molecule has 0 unspecified atom stereocenters. The van der Waals surface area contributed by atoms with Crippen LogP contribution in [0.4, 0.5) is 0 Å². The minimum absolute atomic E-state index is 0.161. The molecule has 2 aliphatic rings. The fourth-order valence-electron chi connectivity index (χ4n) is 3.14. The molecule has 0 aromatic carbocycles. The Morgan fingerprint density at radius 1 is 1.47 bits per heavy atom. The molecule has 1 spiro atoms. The molecule has 4 nitrogen and oxygen atoms in total. The van der Waals surface area contributed by atoms with Crippen LogP contribution in [0.1, 0.15) is 24.3 Å². The van der Waals surface area contributed by atoms with Crippen molar-refractivity contribution in [2.24, 2.45) is 0 Å². The number of hydrogen-bond donors (Lipinski definition) is 0. The number of likely N-dealkylation sites (tertiary alicyclic amines) is 1. The topological polar surface area (TPSA) is 28.6 Å². The molecule has 2 fully saturated rings. The molecule has 5 heteroatoms. The summed E-state index contributed by atoms with van der Waals surface area (Å²) < 4.78 is 6.16. The van der Waals surface area contributed by atoms with Crippen LogP contribution in [0.15, 0.2) is 11.6 Å². The van der Waals surface area contributed by atoms with Crippen LogP contribution in [0.25, 0.3) is 0 Å². The van der Waals surface area contributed by atoms with Crippen LogP contribution in [-0.2, 0) is 11.3 Å². The average Bonchev–Trinajstić information content (AvgIpc) is 3.03. The molecule has 1 atom stereocenters. The molecule has 2 aliphatic heterocycles. The lowest BCUT2D eigenvalue weighted by molar-refractivity contribution is -0.0451. The summed E-state index contributed by atoms with van der Waals surface area (Å²) in [6.45, 7) is 4.18. The van der Waals surface area contributed by atoms with Crippen molar-refractivity contribution in [1.82, 2.24) is 14.8 Å². The summed E-state index contributed by atoms with van der Waals surface area (Å²) >= 11 is 1.75. The van der Waals surface area contributed by atoms with E-state index >= 15 is 0 Å². The second kappa shape index (κ2) is 5.48. The van der Waals surface area contributed by atoms with E-state index in [9.17, 15) is 0 Å². The van der Waals surface area contributed by atoms with Gasteiger partial charge in [0, 0.05) is 30.7 Å². The first kappa shape index (κ1) is 13.5. The SMILES string of the molecule is CN(C)[C@@H]1COC2(CCN(Cc3nccs3)CC2)C1. The number of aromatic nitrogens is 1. The van der Waals surface area contributed by atoms with Crippen LogP contribution in [0.3, 0.4) is 0 Å². The summed E-state index contributed by atoms with van der Waals surface area (Å²) in [6, 6.07) is 0.602. The standard InChI is InChI=1S/C14H23N3OS/c1-16(2)12-9-14(18-11-12)3-6-17(7-4-14)10-13-15-5-8-19-13/h5,8,12H,3-4,6-7,9-11H2,1-2H3/t12-/m0/s1. The van der Waals surface area contributed by atoms with Crippen LogP contribution >= 0.6 is 11.3 Å². The Balaban J connectivity index is 1.52. The maximum Gasteiger partial charge on any atom is 0.107 e. The highest BCUT2D eigenvalue weighted by Crippen LogP contribution is 2.37. The fourth-order valence-corrected chi connectivity index (χ4v) is 3.80. The van der Waals surface area contributed by atoms with E-state index in [4.69, 9.17) is 4.74 Å². The smallest absolute Gasteiger partial charge is 0.107 e. The van der Waals surface area contributed by atoms with Gasteiger partial charge in [-0.3, -0.25) is 4.90 Å². The van der Waals surface area contributed by atoms with Gasteiger partial charge in [0.1, 0.15) is 5.01 Å². The number of thiazole rings is 1. The molecule has 19 heavy (non-hydrogen) atoms. The lowest BCUT2D eigenvalue weighted by Gasteiger charge is -2.38. The molecule has 2 saturated heterocycles. The Kier molecular flexibility index (Phi) is 3.89. The van der Waals surface area contributed by atoms with Gasteiger partial charge < -0.3 is 9.64 Å². The lowest BCUT2D eigenvalue weighted by Crippen LogP contribution is -2.44. The van der Waals surface area contributed by atoms with Gasteiger partial charge in [-0.05, 0) is 33.4 Å². The summed E-state index contributed by atoms with van der Waals surface area (Å²) in [4.78, 5) is 9.19. The highest BCUT2D eigenvalue weighted by molar-refractivity contribution is 7.09. The highest BCUT2D eigenvalue weighted by Gasteiger charge is 2.43. The van der Waals surface area contributed by atoms with Crippen molar-refractivity contribution in [3.05, 3.63) is 16.6 Å². The van der Waals surface area contributed by atoms with Crippen molar-refractivity contribution < 1.29 is 4.74 Å². The third kappa shape index (κ3) is 2.99. The molecule has 0 amide bonds. The van der Waals surface area contributed by atoms with Crippen molar-refractivity contribution in [2.75, 3.05) is 33.8 Å². The zero-order valence-electron chi connectivity index (χ0n) is 11.8. The predicted molar refractivity (Wildman–Crippen MR) is 77.4 cm³/mol. The number of piperidine rings is 1. The maximum atomic E-state index is 6.16. The number of likely N-dealkylation sites (N-methyl/N-ethyl adjacent to an activating group) is 1. The van der Waals surface area contributed by atoms with Crippen LogP contribution < -0.4 is 0 Å². The Morgan fingerprint density at radius 2 is 2.26 bits per heavy atom.